The van der Waals surface area contributed by atoms with E-state index < -0.39 is 0 Å². The van der Waals surface area contributed by atoms with Crippen molar-refractivity contribution in [1.82, 2.24) is 5.32 Å². The summed E-state index contributed by atoms with van der Waals surface area (Å²) in [5, 5.41) is 3.60. The number of hydrogen-bond acceptors (Lipinski definition) is 3. The predicted molar refractivity (Wildman–Crippen MR) is 81.9 cm³/mol. The van der Waals surface area contributed by atoms with Gasteiger partial charge in [-0.05, 0) is 30.7 Å². The first-order chi connectivity index (χ1) is 8.76. The molecule has 1 fully saturated rings. The highest BCUT2D eigenvalue weighted by molar-refractivity contribution is 8.00. The molecule has 3 heteroatoms. The Kier molecular flexibility index (Phi) is 4.95. The second-order valence-electron chi connectivity index (χ2n) is 5.25. The fourth-order valence-electron chi connectivity index (χ4n) is 2.77. The van der Waals surface area contributed by atoms with E-state index in [0.717, 1.165) is 18.8 Å². The Morgan fingerprint density at radius 3 is 2.61 bits per heavy atom. The largest absolute Gasteiger partial charge is 0.398 e. The van der Waals surface area contributed by atoms with E-state index in [1.807, 2.05) is 23.9 Å². The predicted octanol–water partition coefficient (Wildman–Crippen LogP) is 3.42. The molecule has 18 heavy (non-hydrogen) atoms. The number of nitrogens with two attached hydrogens (primary N) is 1. The zero-order valence-corrected chi connectivity index (χ0v) is 12.1. The van der Waals surface area contributed by atoms with Crippen molar-refractivity contribution in [1.29, 1.82) is 0 Å². The minimum atomic E-state index is 0.460. The lowest BCUT2D eigenvalue weighted by atomic mass is 9.88. The van der Waals surface area contributed by atoms with Crippen LogP contribution in [0.25, 0.3) is 0 Å². The molecule has 1 aliphatic carbocycles. The summed E-state index contributed by atoms with van der Waals surface area (Å²) >= 11 is 2.04. The second-order valence-corrected chi connectivity index (χ2v) is 6.52. The smallest absolute Gasteiger partial charge is 0.0359 e. The highest BCUT2D eigenvalue weighted by Crippen LogP contribution is 2.38. The number of para-hydroxylation sites is 1. The van der Waals surface area contributed by atoms with Crippen molar-refractivity contribution in [2.24, 2.45) is 0 Å². The quantitative estimate of drug-likeness (QED) is 0.800. The first-order valence-electron chi connectivity index (χ1n) is 6.85. The fourth-order valence-corrected chi connectivity index (χ4v) is 3.71. The van der Waals surface area contributed by atoms with E-state index in [1.54, 1.807) is 0 Å². The molecular weight excluding hydrogens is 240 g/mol. The van der Waals surface area contributed by atoms with Gasteiger partial charge in [-0.1, -0.05) is 37.5 Å². The molecule has 0 atom stereocenters. The summed E-state index contributed by atoms with van der Waals surface area (Å²) < 4.78 is 0.460. The van der Waals surface area contributed by atoms with E-state index in [-0.39, 0.29) is 0 Å². The molecule has 0 unspecified atom stereocenters. The average molecular weight is 264 g/mol. The second kappa shape index (κ2) is 6.48. The Bertz CT molecular complexity index is 373. The van der Waals surface area contributed by atoms with Crippen LogP contribution < -0.4 is 11.1 Å². The van der Waals surface area contributed by atoms with Crippen molar-refractivity contribution in [2.45, 2.75) is 43.4 Å². The Labute approximate surface area is 115 Å². The van der Waals surface area contributed by atoms with Gasteiger partial charge in [-0.15, -0.1) is 0 Å². The molecule has 0 spiro atoms. The molecule has 2 rings (SSSR count). The van der Waals surface area contributed by atoms with Crippen LogP contribution in [0.2, 0.25) is 0 Å². The van der Waals surface area contributed by atoms with Crippen LogP contribution in [-0.4, -0.2) is 17.5 Å². The van der Waals surface area contributed by atoms with Crippen LogP contribution in [0.1, 0.15) is 37.7 Å². The molecule has 100 valence electrons. The third kappa shape index (κ3) is 3.42. The highest BCUT2D eigenvalue weighted by Gasteiger charge is 2.30. The lowest BCUT2D eigenvalue weighted by Gasteiger charge is -2.36. The van der Waals surface area contributed by atoms with Crippen LogP contribution in [0.3, 0.4) is 0 Å². The normalized spacial score (nSPS) is 18.7. The number of hydrogen-bond donors (Lipinski definition) is 2. The van der Waals surface area contributed by atoms with Gasteiger partial charge in [0.2, 0.25) is 0 Å². The molecule has 1 aliphatic rings. The number of rotatable bonds is 5. The van der Waals surface area contributed by atoms with E-state index in [2.05, 4.69) is 23.7 Å². The Morgan fingerprint density at radius 2 is 1.94 bits per heavy atom. The molecule has 1 saturated carbocycles. The van der Waals surface area contributed by atoms with Crippen LogP contribution in [0.4, 0.5) is 5.69 Å². The van der Waals surface area contributed by atoms with Crippen molar-refractivity contribution in [3.63, 3.8) is 0 Å². The van der Waals surface area contributed by atoms with E-state index in [0.29, 0.717) is 4.75 Å². The minimum absolute atomic E-state index is 0.460. The molecule has 0 saturated heterocycles. The molecule has 2 nitrogen and oxygen atoms in total. The van der Waals surface area contributed by atoms with Gasteiger partial charge in [0.15, 0.2) is 0 Å². The topological polar surface area (TPSA) is 38.0 Å². The standard InChI is InChI=1S/C15H24N2S/c1-18-15(9-5-2-6-10-15)12-17-11-13-7-3-4-8-14(13)16/h3-4,7-8,17H,2,5-6,9-12,16H2,1H3. The zero-order chi connectivity index (χ0) is 12.8. The monoisotopic (exact) mass is 264 g/mol. The van der Waals surface area contributed by atoms with Gasteiger partial charge >= 0.3 is 0 Å². The van der Waals surface area contributed by atoms with Gasteiger partial charge in [0.1, 0.15) is 0 Å². The zero-order valence-electron chi connectivity index (χ0n) is 11.2. The fraction of sp³-hybridized carbons (Fsp3) is 0.600. The third-order valence-electron chi connectivity index (χ3n) is 4.02. The van der Waals surface area contributed by atoms with Crippen molar-refractivity contribution >= 4 is 17.4 Å². The van der Waals surface area contributed by atoms with Crippen molar-refractivity contribution in [2.75, 3.05) is 18.5 Å². The number of anilines is 1. The number of nitrogen functional groups attached to an aromatic ring is 1. The molecule has 0 amide bonds. The lowest BCUT2D eigenvalue weighted by molar-refractivity contribution is 0.379. The summed E-state index contributed by atoms with van der Waals surface area (Å²) in [5.74, 6) is 0. The van der Waals surface area contributed by atoms with Crippen LogP contribution in [0, 0.1) is 0 Å². The van der Waals surface area contributed by atoms with Gasteiger partial charge in [0.05, 0.1) is 0 Å². The first-order valence-corrected chi connectivity index (χ1v) is 8.07. The average Bonchev–Trinajstić information content (AvgIpc) is 2.42. The SMILES string of the molecule is CSC1(CNCc2ccccc2N)CCCCC1. The third-order valence-corrected chi connectivity index (χ3v) is 5.43. The maximum atomic E-state index is 5.96. The van der Waals surface area contributed by atoms with Crippen LogP contribution in [-0.2, 0) is 6.54 Å². The summed E-state index contributed by atoms with van der Waals surface area (Å²) in [6, 6.07) is 8.12. The van der Waals surface area contributed by atoms with Gasteiger partial charge in [0.25, 0.3) is 0 Å². The summed E-state index contributed by atoms with van der Waals surface area (Å²) in [4.78, 5) is 0. The minimum Gasteiger partial charge on any atom is -0.398 e. The summed E-state index contributed by atoms with van der Waals surface area (Å²) in [6.07, 6.45) is 9.14. The molecule has 0 aromatic heterocycles. The van der Waals surface area contributed by atoms with Gasteiger partial charge in [-0.2, -0.15) is 11.8 Å². The van der Waals surface area contributed by atoms with Crippen LogP contribution >= 0.6 is 11.8 Å². The Morgan fingerprint density at radius 1 is 1.22 bits per heavy atom. The Hall–Kier alpha value is -0.670. The van der Waals surface area contributed by atoms with E-state index in [4.69, 9.17) is 5.73 Å². The van der Waals surface area contributed by atoms with Gasteiger partial charge in [0, 0.05) is 23.5 Å². The Balaban J connectivity index is 1.85. The van der Waals surface area contributed by atoms with Gasteiger partial charge in [-0.3, -0.25) is 0 Å². The van der Waals surface area contributed by atoms with Gasteiger partial charge < -0.3 is 11.1 Å². The molecule has 1 aromatic carbocycles. The first kappa shape index (κ1) is 13.8. The van der Waals surface area contributed by atoms with Crippen LogP contribution in [0.15, 0.2) is 24.3 Å². The summed E-state index contributed by atoms with van der Waals surface area (Å²) in [5.41, 5.74) is 8.07. The molecule has 0 heterocycles. The maximum Gasteiger partial charge on any atom is 0.0359 e. The van der Waals surface area contributed by atoms with E-state index >= 15 is 0 Å². The molecule has 1 aromatic rings. The summed E-state index contributed by atoms with van der Waals surface area (Å²) in [7, 11) is 0. The van der Waals surface area contributed by atoms with Gasteiger partial charge in [-0.25, -0.2) is 0 Å². The maximum absolute atomic E-state index is 5.96. The van der Waals surface area contributed by atoms with Crippen molar-refractivity contribution < 1.29 is 0 Å². The number of thioether (sulfide) groups is 1. The van der Waals surface area contributed by atoms with E-state index in [1.165, 1.54) is 37.7 Å². The molecular formula is C15H24N2S. The highest BCUT2D eigenvalue weighted by atomic mass is 32.2. The van der Waals surface area contributed by atoms with E-state index in [9.17, 15) is 0 Å². The van der Waals surface area contributed by atoms with Crippen LogP contribution in [0.5, 0.6) is 0 Å². The summed E-state index contributed by atoms with van der Waals surface area (Å²) in [6.45, 7) is 1.98. The lowest BCUT2D eigenvalue weighted by Crippen LogP contribution is -2.39. The van der Waals surface area contributed by atoms with Crippen molar-refractivity contribution in [3.05, 3.63) is 29.8 Å². The molecule has 3 N–H and O–H groups in total. The number of nitrogens with one attached hydrogen (secondary N) is 1. The molecule has 0 bridgehead atoms. The molecule has 0 aliphatic heterocycles. The number of benzene rings is 1. The van der Waals surface area contributed by atoms with Crippen molar-refractivity contribution in [3.8, 4) is 0 Å². The molecule has 0 radical (unpaired) electrons.